The maximum atomic E-state index is 9.20. The van der Waals surface area contributed by atoms with Gasteiger partial charge in [-0.15, -0.1) is 0 Å². The van der Waals surface area contributed by atoms with Crippen molar-refractivity contribution in [2.75, 3.05) is 36.5 Å². The van der Waals surface area contributed by atoms with Crippen LogP contribution >= 0.6 is 0 Å². The van der Waals surface area contributed by atoms with Crippen LogP contribution in [0.15, 0.2) is 47.2 Å². The predicted octanol–water partition coefficient (Wildman–Crippen LogP) is 3.01. The highest BCUT2D eigenvalue weighted by atomic mass is 16.3. The molecular weight excluding hydrogens is 290 g/mol. The lowest BCUT2D eigenvalue weighted by Crippen LogP contribution is -2.34. The fourth-order valence-corrected chi connectivity index (χ4v) is 2.78. The summed E-state index contributed by atoms with van der Waals surface area (Å²) in [6.45, 7) is 2.99. The molecule has 1 saturated heterocycles. The van der Waals surface area contributed by atoms with Crippen molar-refractivity contribution >= 4 is 17.6 Å². The van der Waals surface area contributed by atoms with E-state index in [1.807, 2.05) is 36.5 Å². The van der Waals surface area contributed by atoms with E-state index in [4.69, 9.17) is 4.42 Å². The van der Waals surface area contributed by atoms with Crippen LogP contribution in [0.1, 0.15) is 18.6 Å². The number of nitrogens with zero attached hydrogens (tertiary/aromatic N) is 2. The topological polar surface area (TPSA) is 61.5 Å². The summed E-state index contributed by atoms with van der Waals surface area (Å²) in [4.78, 5) is 6.80. The number of rotatable bonds is 6. The zero-order valence-corrected chi connectivity index (χ0v) is 13.2. The van der Waals surface area contributed by atoms with Crippen molar-refractivity contribution in [3.8, 4) is 0 Å². The second-order valence-electron chi connectivity index (χ2n) is 5.81. The van der Waals surface area contributed by atoms with Gasteiger partial charge in [0.25, 0.3) is 0 Å². The van der Waals surface area contributed by atoms with Gasteiger partial charge in [0.15, 0.2) is 0 Å². The van der Waals surface area contributed by atoms with Gasteiger partial charge < -0.3 is 19.7 Å². The summed E-state index contributed by atoms with van der Waals surface area (Å²) in [7, 11) is 0. The Bertz CT molecular complexity index is 600. The first kappa shape index (κ1) is 15.6. The molecule has 122 valence electrons. The van der Waals surface area contributed by atoms with Crippen LogP contribution < -0.4 is 10.2 Å². The second-order valence-corrected chi connectivity index (χ2v) is 5.81. The third-order valence-corrected chi connectivity index (χ3v) is 4.21. The van der Waals surface area contributed by atoms with E-state index in [9.17, 15) is 5.11 Å². The number of aliphatic hydroxyl groups excluding tert-OH is 1. The van der Waals surface area contributed by atoms with Crippen molar-refractivity contribution in [2.45, 2.75) is 12.8 Å². The molecule has 1 aliphatic rings. The molecule has 0 spiro atoms. The Hall–Kier alpha value is -2.27. The van der Waals surface area contributed by atoms with Gasteiger partial charge in [0, 0.05) is 26.2 Å². The maximum Gasteiger partial charge on any atom is 0.126 e. The molecule has 1 aliphatic heterocycles. The van der Waals surface area contributed by atoms with E-state index in [0.717, 1.165) is 43.2 Å². The van der Waals surface area contributed by atoms with Crippen molar-refractivity contribution in [1.82, 2.24) is 4.98 Å². The SMILES string of the molecule is OCC1CCN(c2ccc(NC/C=C/c3ccco3)nc2)CC1. The molecule has 0 aliphatic carbocycles. The fourth-order valence-electron chi connectivity index (χ4n) is 2.78. The van der Waals surface area contributed by atoms with Crippen LogP contribution in [0.5, 0.6) is 0 Å². The lowest BCUT2D eigenvalue weighted by Gasteiger charge is -2.32. The van der Waals surface area contributed by atoms with Gasteiger partial charge in [-0.1, -0.05) is 6.08 Å². The Kier molecular flexibility index (Phi) is 5.32. The van der Waals surface area contributed by atoms with E-state index in [-0.39, 0.29) is 0 Å². The molecule has 1 fully saturated rings. The Morgan fingerprint density at radius 2 is 2.17 bits per heavy atom. The van der Waals surface area contributed by atoms with E-state index < -0.39 is 0 Å². The van der Waals surface area contributed by atoms with E-state index in [2.05, 4.69) is 21.3 Å². The summed E-state index contributed by atoms with van der Waals surface area (Å²) >= 11 is 0. The molecule has 0 unspecified atom stereocenters. The first-order valence-corrected chi connectivity index (χ1v) is 8.11. The molecule has 0 atom stereocenters. The van der Waals surface area contributed by atoms with Crippen LogP contribution in [0, 0.1) is 5.92 Å². The number of anilines is 2. The number of aromatic nitrogens is 1. The Labute approximate surface area is 136 Å². The van der Waals surface area contributed by atoms with Gasteiger partial charge in [-0.25, -0.2) is 4.98 Å². The van der Waals surface area contributed by atoms with Gasteiger partial charge in [-0.05, 0) is 49.1 Å². The standard InChI is InChI=1S/C18H23N3O2/c22-14-15-7-10-21(11-8-15)16-5-6-18(20-13-16)19-9-1-3-17-4-2-12-23-17/h1-6,12-13,15,22H,7-11,14H2,(H,19,20)/b3-1+. The summed E-state index contributed by atoms with van der Waals surface area (Å²) in [5.41, 5.74) is 1.15. The van der Waals surface area contributed by atoms with Crippen LogP contribution in [0.3, 0.4) is 0 Å². The summed E-state index contributed by atoms with van der Waals surface area (Å²) in [6, 6.07) is 7.90. The third-order valence-electron chi connectivity index (χ3n) is 4.21. The van der Waals surface area contributed by atoms with Crippen molar-refractivity contribution < 1.29 is 9.52 Å². The third kappa shape index (κ3) is 4.36. The quantitative estimate of drug-likeness (QED) is 0.858. The Morgan fingerprint density at radius 1 is 1.30 bits per heavy atom. The van der Waals surface area contributed by atoms with E-state index in [1.165, 1.54) is 0 Å². The number of aliphatic hydroxyl groups is 1. The average molecular weight is 313 g/mol. The molecule has 2 aromatic rings. The van der Waals surface area contributed by atoms with Gasteiger partial charge >= 0.3 is 0 Å². The summed E-state index contributed by atoms with van der Waals surface area (Å²) < 4.78 is 5.23. The van der Waals surface area contributed by atoms with Crippen LogP contribution in [-0.2, 0) is 0 Å². The van der Waals surface area contributed by atoms with Crippen LogP contribution in [0.2, 0.25) is 0 Å². The van der Waals surface area contributed by atoms with Gasteiger partial charge in [0.2, 0.25) is 0 Å². The van der Waals surface area contributed by atoms with Crippen molar-refractivity contribution in [3.63, 3.8) is 0 Å². The zero-order chi connectivity index (χ0) is 15.9. The number of nitrogens with one attached hydrogen (secondary N) is 1. The van der Waals surface area contributed by atoms with E-state index >= 15 is 0 Å². The molecule has 5 heteroatoms. The summed E-state index contributed by atoms with van der Waals surface area (Å²) in [5, 5.41) is 12.5. The van der Waals surface area contributed by atoms with E-state index in [1.54, 1.807) is 6.26 Å². The average Bonchev–Trinajstić information content (AvgIpc) is 3.13. The molecule has 0 radical (unpaired) electrons. The molecule has 5 nitrogen and oxygen atoms in total. The molecular formula is C18H23N3O2. The van der Waals surface area contributed by atoms with Gasteiger partial charge in [-0.2, -0.15) is 0 Å². The van der Waals surface area contributed by atoms with Crippen LogP contribution in [0.25, 0.3) is 6.08 Å². The van der Waals surface area contributed by atoms with Gasteiger partial charge in [0.05, 0.1) is 18.1 Å². The molecule has 3 heterocycles. The first-order valence-electron chi connectivity index (χ1n) is 8.11. The number of piperidine rings is 1. The monoisotopic (exact) mass is 313 g/mol. The Morgan fingerprint density at radius 3 is 2.83 bits per heavy atom. The highest BCUT2D eigenvalue weighted by Crippen LogP contribution is 2.23. The predicted molar refractivity (Wildman–Crippen MR) is 92.5 cm³/mol. The molecule has 23 heavy (non-hydrogen) atoms. The normalized spacial score (nSPS) is 16.1. The molecule has 3 rings (SSSR count). The Balaban J connectivity index is 1.47. The highest BCUT2D eigenvalue weighted by Gasteiger charge is 2.18. The minimum atomic E-state index is 0.306. The molecule has 2 N–H and O–H groups in total. The molecule has 0 bridgehead atoms. The molecule has 2 aromatic heterocycles. The van der Waals surface area contributed by atoms with E-state index in [0.29, 0.717) is 19.1 Å². The number of pyridine rings is 1. The first-order chi connectivity index (χ1) is 11.3. The van der Waals surface area contributed by atoms with Crippen molar-refractivity contribution in [3.05, 3.63) is 48.6 Å². The minimum absolute atomic E-state index is 0.306. The fraction of sp³-hybridized carbons (Fsp3) is 0.389. The maximum absolute atomic E-state index is 9.20. The van der Waals surface area contributed by atoms with Crippen LogP contribution in [0.4, 0.5) is 11.5 Å². The number of furan rings is 1. The smallest absolute Gasteiger partial charge is 0.126 e. The lowest BCUT2D eigenvalue weighted by atomic mass is 9.98. The number of hydrogen-bond donors (Lipinski definition) is 2. The second kappa shape index (κ2) is 7.83. The zero-order valence-electron chi connectivity index (χ0n) is 13.2. The van der Waals surface area contributed by atoms with Crippen LogP contribution in [-0.4, -0.2) is 36.3 Å². The minimum Gasteiger partial charge on any atom is -0.465 e. The highest BCUT2D eigenvalue weighted by molar-refractivity contribution is 5.50. The number of hydrogen-bond acceptors (Lipinski definition) is 5. The van der Waals surface area contributed by atoms with Crippen molar-refractivity contribution in [2.24, 2.45) is 5.92 Å². The molecule has 0 aromatic carbocycles. The summed E-state index contributed by atoms with van der Waals surface area (Å²) in [5.74, 6) is 2.17. The lowest BCUT2D eigenvalue weighted by molar-refractivity contribution is 0.203. The largest absolute Gasteiger partial charge is 0.465 e. The summed E-state index contributed by atoms with van der Waals surface area (Å²) in [6.07, 6.45) is 9.62. The molecule has 0 amide bonds. The van der Waals surface area contributed by atoms with Gasteiger partial charge in [-0.3, -0.25) is 0 Å². The van der Waals surface area contributed by atoms with Crippen molar-refractivity contribution in [1.29, 1.82) is 0 Å². The molecule has 0 saturated carbocycles. The van der Waals surface area contributed by atoms with Gasteiger partial charge in [0.1, 0.15) is 11.6 Å².